The van der Waals surface area contributed by atoms with Crippen LogP contribution in [-0.2, 0) is 13.0 Å². The fraction of sp³-hybridized carbons (Fsp3) is 0.250. The monoisotopic (exact) mass is 451 g/mol. The Hall–Kier alpha value is -3.36. The van der Waals surface area contributed by atoms with E-state index in [2.05, 4.69) is 10.2 Å². The molecular formula is C24H25N3O4S. The molecule has 0 spiro atoms. The Morgan fingerprint density at radius 2 is 1.91 bits per heavy atom. The number of nitrogen functional groups attached to an aromatic ring is 1. The summed E-state index contributed by atoms with van der Waals surface area (Å²) in [5.41, 5.74) is 8.76. The van der Waals surface area contributed by atoms with Gasteiger partial charge in [-0.25, -0.2) is 4.79 Å². The van der Waals surface area contributed by atoms with Gasteiger partial charge in [-0.2, -0.15) is 0 Å². The van der Waals surface area contributed by atoms with Gasteiger partial charge in [-0.3, -0.25) is 9.69 Å². The second kappa shape index (κ2) is 9.42. The Labute approximate surface area is 190 Å². The molecule has 4 rings (SSSR count). The van der Waals surface area contributed by atoms with Crippen LogP contribution in [0.5, 0.6) is 5.75 Å². The molecule has 0 bridgehead atoms. The Bertz CT molecular complexity index is 1110. The predicted molar refractivity (Wildman–Crippen MR) is 124 cm³/mol. The van der Waals surface area contributed by atoms with E-state index < -0.39 is 5.97 Å². The number of amides is 1. The summed E-state index contributed by atoms with van der Waals surface area (Å²) >= 11 is 1.31. The first kappa shape index (κ1) is 21.9. The van der Waals surface area contributed by atoms with Crippen LogP contribution in [-0.4, -0.2) is 42.1 Å². The quantitative estimate of drug-likeness (QED) is 0.507. The Morgan fingerprint density at radius 1 is 1.19 bits per heavy atom. The van der Waals surface area contributed by atoms with Crippen LogP contribution in [0.15, 0.2) is 54.6 Å². The van der Waals surface area contributed by atoms with E-state index in [0.29, 0.717) is 36.6 Å². The number of carboxylic acid groups (broad SMARTS) is 1. The minimum Gasteiger partial charge on any atom is -0.497 e. The molecule has 1 amide bonds. The van der Waals surface area contributed by atoms with Gasteiger partial charge in [-0.1, -0.05) is 30.3 Å². The average molecular weight is 452 g/mol. The number of rotatable bonds is 7. The number of nitrogens with zero attached hydrogens (tertiary/aromatic N) is 1. The van der Waals surface area contributed by atoms with Crippen molar-refractivity contribution in [2.45, 2.75) is 19.0 Å². The summed E-state index contributed by atoms with van der Waals surface area (Å²) in [4.78, 5) is 27.6. The van der Waals surface area contributed by atoms with Crippen LogP contribution < -0.4 is 15.8 Å². The molecule has 1 aliphatic rings. The van der Waals surface area contributed by atoms with E-state index in [1.807, 2.05) is 42.5 Å². The van der Waals surface area contributed by atoms with Gasteiger partial charge in [-0.05, 0) is 41.8 Å². The number of nitrogens with one attached hydrogen (secondary N) is 1. The lowest BCUT2D eigenvalue weighted by Crippen LogP contribution is -2.41. The molecule has 0 saturated heterocycles. The van der Waals surface area contributed by atoms with Gasteiger partial charge < -0.3 is 20.9 Å². The van der Waals surface area contributed by atoms with Gasteiger partial charge in [0.25, 0.3) is 5.91 Å². The van der Waals surface area contributed by atoms with Crippen molar-refractivity contribution in [2.24, 2.45) is 0 Å². The van der Waals surface area contributed by atoms with E-state index in [4.69, 9.17) is 10.5 Å². The molecule has 1 aromatic heterocycles. The molecule has 0 saturated carbocycles. The molecule has 1 atom stereocenters. The zero-order valence-corrected chi connectivity index (χ0v) is 18.5. The summed E-state index contributed by atoms with van der Waals surface area (Å²) in [5, 5.41) is 13.0. The smallest absolute Gasteiger partial charge is 0.338 e. The summed E-state index contributed by atoms with van der Waals surface area (Å²) in [6.45, 7) is 1.69. The second-order valence-electron chi connectivity index (χ2n) is 7.65. The van der Waals surface area contributed by atoms with E-state index in [-0.39, 0.29) is 17.5 Å². The summed E-state index contributed by atoms with van der Waals surface area (Å²) in [7, 11) is 1.63. The number of thiophene rings is 1. The molecule has 1 unspecified atom stereocenters. The number of nitrogens with two attached hydrogens (primary N) is 1. The third-order valence-electron chi connectivity index (χ3n) is 5.71. The van der Waals surface area contributed by atoms with E-state index >= 15 is 0 Å². The molecule has 0 aliphatic carbocycles. The first-order valence-corrected chi connectivity index (χ1v) is 11.1. The lowest BCUT2D eigenvalue weighted by Gasteiger charge is -2.36. The normalized spacial score (nSPS) is 15.7. The third kappa shape index (κ3) is 4.46. The van der Waals surface area contributed by atoms with Crippen LogP contribution in [0, 0.1) is 0 Å². The first-order valence-electron chi connectivity index (χ1n) is 10.3. The summed E-state index contributed by atoms with van der Waals surface area (Å²) in [6.07, 6.45) is 0.601. The first-order chi connectivity index (χ1) is 15.5. The predicted octanol–water partition coefficient (Wildman–Crippen LogP) is 3.57. The minimum absolute atomic E-state index is 0.162. The van der Waals surface area contributed by atoms with E-state index in [9.17, 15) is 14.7 Å². The highest BCUT2D eigenvalue weighted by atomic mass is 32.1. The number of benzene rings is 2. The zero-order chi connectivity index (χ0) is 22.7. The largest absolute Gasteiger partial charge is 0.497 e. The van der Waals surface area contributed by atoms with Crippen molar-refractivity contribution >= 4 is 28.2 Å². The molecule has 0 radical (unpaired) electrons. The third-order valence-corrected chi connectivity index (χ3v) is 6.87. The van der Waals surface area contributed by atoms with Gasteiger partial charge in [0.15, 0.2) is 0 Å². The van der Waals surface area contributed by atoms with Crippen LogP contribution in [0.25, 0.3) is 0 Å². The maximum absolute atomic E-state index is 12.7. The molecule has 2 heterocycles. The summed E-state index contributed by atoms with van der Waals surface area (Å²) < 4.78 is 5.24. The maximum atomic E-state index is 12.7. The fourth-order valence-corrected chi connectivity index (χ4v) is 5.33. The fourth-order valence-electron chi connectivity index (χ4n) is 4.09. The number of carboxylic acids is 1. The Kier molecular flexibility index (Phi) is 6.43. The van der Waals surface area contributed by atoms with E-state index in [0.717, 1.165) is 21.8 Å². The molecule has 4 N–H and O–H groups in total. The van der Waals surface area contributed by atoms with Crippen molar-refractivity contribution < 1.29 is 19.4 Å². The van der Waals surface area contributed by atoms with Crippen molar-refractivity contribution in [1.29, 1.82) is 0 Å². The van der Waals surface area contributed by atoms with Crippen LogP contribution >= 0.6 is 11.3 Å². The van der Waals surface area contributed by atoms with E-state index in [1.54, 1.807) is 19.2 Å². The minimum atomic E-state index is -1.00. The average Bonchev–Trinajstić information content (AvgIpc) is 3.15. The lowest BCUT2D eigenvalue weighted by atomic mass is 9.96. The van der Waals surface area contributed by atoms with Crippen molar-refractivity contribution in [2.75, 3.05) is 25.9 Å². The summed E-state index contributed by atoms with van der Waals surface area (Å²) in [6, 6.07) is 16.7. The molecule has 7 nitrogen and oxygen atoms in total. The van der Waals surface area contributed by atoms with Crippen molar-refractivity contribution in [3.05, 3.63) is 81.7 Å². The van der Waals surface area contributed by atoms with Crippen LogP contribution in [0.2, 0.25) is 0 Å². The van der Waals surface area contributed by atoms with Crippen molar-refractivity contribution in [3.63, 3.8) is 0 Å². The maximum Gasteiger partial charge on any atom is 0.338 e. The second-order valence-corrected chi connectivity index (χ2v) is 8.73. The number of aromatic carboxylic acids is 1. The number of carbonyl (C=O) groups excluding carboxylic acids is 1. The number of hydrogen-bond acceptors (Lipinski definition) is 6. The van der Waals surface area contributed by atoms with Crippen LogP contribution in [0.1, 0.15) is 42.8 Å². The number of methoxy groups -OCH3 is 1. The molecule has 0 fully saturated rings. The zero-order valence-electron chi connectivity index (χ0n) is 17.7. The number of fused-ring (bicyclic) bond motifs is 1. The Balaban J connectivity index is 1.60. The van der Waals surface area contributed by atoms with Crippen LogP contribution in [0.3, 0.4) is 0 Å². The van der Waals surface area contributed by atoms with Gasteiger partial charge >= 0.3 is 5.97 Å². The lowest BCUT2D eigenvalue weighted by molar-refractivity contribution is 0.0695. The topological polar surface area (TPSA) is 105 Å². The molecule has 166 valence electrons. The van der Waals surface area contributed by atoms with Gasteiger partial charge in [0, 0.05) is 30.1 Å². The molecular weight excluding hydrogens is 426 g/mol. The standard InChI is InChI=1S/C24H25N3O4S/c1-31-17-9-7-15(8-10-17)14-27-12-11-18-20(24(29)30)22(25)32-21(18)19(27)13-26-23(28)16-5-3-2-4-6-16/h2-10,19H,11-14,25H2,1H3,(H,26,28)(H,29,30). The molecule has 8 heteroatoms. The molecule has 3 aromatic rings. The highest BCUT2D eigenvalue weighted by Gasteiger charge is 2.34. The van der Waals surface area contributed by atoms with Gasteiger partial charge in [-0.15, -0.1) is 11.3 Å². The van der Waals surface area contributed by atoms with Gasteiger partial charge in [0.05, 0.1) is 18.7 Å². The Morgan fingerprint density at radius 3 is 2.56 bits per heavy atom. The molecule has 32 heavy (non-hydrogen) atoms. The SMILES string of the molecule is COc1ccc(CN2CCc3c(sc(N)c3C(=O)O)C2CNC(=O)c2ccccc2)cc1. The van der Waals surface area contributed by atoms with Crippen molar-refractivity contribution in [1.82, 2.24) is 10.2 Å². The van der Waals surface area contributed by atoms with Crippen molar-refractivity contribution in [3.8, 4) is 5.75 Å². The highest BCUT2D eigenvalue weighted by molar-refractivity contribution is 7.16. The summed E-state index contributed by atoms with van der Waals surface area (Å²) in [5.74, 6) is -0.376. The number of ether oxygens (including phenoxy) is 1. The molecule has 2 aromatic carbocycles. The number of anilines is 1. The van der Waals surface area contributed by atoms with Gasteiger partial charge in [0.1, 0.15) is 10.8 Å². The molecule has 1 aliphatic heterocycles. The van der Waals surface area contributed by atoms with E-state index in [1.165, 1.54) is 11.3 Å². The number of hydrogen-bond donors (Lipinski definition) is 3. The van der Waals surface area contributed by atoms with Gasteiger partial charge in [0.2, 0.25) is 0 Å². The number of carbonyl (C=O) groups is 2. The van der Waals surface area contributed by atoms with Crippen LogP contribution in [0.4, 0.5) is 5.00 Å². The highest BCUT2D eigenvalue weighted by Crippen LogP contribution is 2.41.